The number of hydrogen-bond acceptors (Lipinski definition) is 3. The average Bonchev–Trinajstić information content (AvgIpc) is 3.04. The second kappa shape index (κ2) is 7.30. The Kier molecular flexibility index (Phi) is 5.14. The van der Waals surface area contributed by atoms with Gasteiger partial charge in [0, 0.05) is 25.2 Å². The van der Waals surface area contributed by atoms with Gasteiger partial charge in [-0.05, 0) is 49.5 Å². The average molecular weight is 333 g/mol. The van der Waals surface area contributed by atoms with E-state index in [2.05, 4.69) is 22.5 Å². The standard InChI is InChI=1S/C18H24FN3O2/c1-12(11-22-6-2-3-7-22)10-20-18(24)15-9-17(23)21-16-8-13(19)4-5-14(15)16/h4-5,8,12,15H,2-3,6-7,9-11H2,1H3,(H,20,24)(H,21,23). The first kappa shape index (κ1) is 16.9. The van der Waals surface area contributed by atoms with Crippen molar-refractivity contribution in [2.75, 3.05) is 31.5 Å². The van der Waals surface area contributed by atoms with E-state index in [1.54, 1.807) is 6.07 Å². The molecule has 2 aliphatic rings. The van der Waals surface area contributed by atoms with E-state index >= 15 is 0 Å². The van der Waals surface area contributed by atoms with Crippen molar-refractivity contribution in [3.63, 3.8) is 0 Å². The summed E-state index contributed by atoms with van der Waals surface area (Å²) in [6, 6.07) is 4.18. The van der Waals surface area contributed by atoms with Crippen LogP contribution in [0.15, 0.2) is 18.2 Å². The summed E-state index contributed by atoms with van der Waals surface area (Å²) in [6.45, 7) is 5.97. The molecule has 1 fully saturated rings. The number of carbonyl (C=O) groups is 2. The molecule has 1 aromatic carbocycles. The Morgan fingerprint density at radius 2 is 2.17 bits per heavy atom. The summed E-state index contributed by atoms with van der Waals surface area (Å²) in [5, 5.41) is 5.60. The maximum absolute atomic E-state index is 13.3. The molecule has 130 valence electrons. The lowest BCUT2D eigenvalue weighted by Gasteiger charge is -2.26. The maximum Gasteiger partial charge on any atom is 0.228 e. The number of nitrogens with one attached hydrogen (secondary N) is 2. The van der Waals surface area contributed by atoms with Gasteiger partial charge in [0.25, 0.3) is 0 Å². The molecular formula is C18H24FN3O2. The molecule has 0 spiro atoms. The zero-order valence-corrected chi connectivity index (χ0v) is 14.0. The van der Waals surface area contributed by atoms with Crippen LogP contribution in [0, 0.1) is 11.7 Å². The first-order valence-electron chi connectivity index (χ1n) is 8.62. The second-order valence-corrected chi connectivity index (χ2v) is 6.89. The molecule has 2 heterocycles. The molecule has 3 rings (SSSR count). The van der Waals surface area contributed by atoms with Crippen molar-refractivity contribution < 1.29 is 14.0 Å². The molecule has 6 heteroatoms. The highest BCUT2D eigenvalue weighted by Crippen LogP contribution is 2.32. The summed E-state index contributed by atoms with van der Waals surface area (Å²) in [6.07, 6.45) is 2.61. The molecule has 2 N–H and O–H groups in total. The van der Waals surface area contributed by atoms with E-state index in [4.69, 9.17) is 0 Å². The summed E-state index contributed by atoms with van der Waals surface area (Å²) < 4.78 is 13.3. The number of rotatable bonds is 5. The molecule has 0 bridgehead atoms. The Bertz CT molecular complexity index is 629. The minimum atomic E-state index is -0.548. The number of nitrogens with zero attached hydrogens (tertiary/aromatic N) is 1. The highest BCUT2D eigenvalue weighted by Gasteiger charge is 2.31. The SMILES string of the molecule is CC(CNC(=O)C1CC(=O)Nc2cc(F)ccc21)CN1CCCC1. The van der Waals surface area contributed by atoms with Crippen LogP contribution in [-0.4, -0.2) is 42.9 Å². The number of halogens is 1. The van der Waals surface area contributed by atoms with Crippen LogP contribution in [0.5, 0.6) is 0 Å². The molecule has 24 heavy (non-hydrogen) atoms. The number of benzene rings is 1. The normalized spacial score (nSPS) is 21.9. The van der Waals surface area contributed by atoms with Gasteiger partial charge in [-0.3, -0.25) is 9.59 Å². The van der Waals surface area contributed by atoms with E-state index < -0.39 is 11.7 Å². The van der Waals surface area contributed by atoms with Gasteiger partial charge in [0.2, 0.25) is 11.8 Å². The first-order chi connectivity index (χ1) is 11.5. The van der Waals surface area contributed by atoms with Crippen molar-refractivity contribution in [2.45, 2.75) is 32.1 Å². The van der Waals surface area contributed by atoms with Crippen molar-refractivity contribution in [3.05, 3.63) is 29.6 Å². The fourth-order valence-corrected chi connectivity index (χ4v) is 3.54. The highest BCUT2D eigenvalue weighted by atomic mass is 19.1. The van der Waals surface area contributed by atoms with Gasteiger partial charge in [0.1, 0.15) is 5.82 Å². The molecule has 2 atom stereocenters. The zero-order chi connectivity index (χ0) is 17.1. The smallest absolute Gasteiger partial charge is 0.228 e. The lowest BCUT2D eigenvalue weighted by Crippen LogP contribution is -2.39. The van der Waals surface area contributed by atoms with E-state index in [1.807, 2.05) is 0 Å². The molecule has 0 radical (unpaired) electrons. The lowest BCUT2D eigenvalue weighted by atomic mass is 9.89. The molecule has 1 aromatic rings. The Balaban J connectivity index is 1.59. The second-order valence-electron chi connectivity index (χ2n) is 6.89. The van der Waals surface area contributed by atoms with Crippen molar-refractivity contribution in [2.24, 2.45) is 5.92 Å². The summed E-state index contributed by atoms with van der Waals surface area (Å²) >= 11 is 0. The molecular weight excluding hydrogens is 309 g/mol. The van der Waals surface area contributed by atoms with Crippen LogP contribution >= 0.6 is 0 Å². The van der Waals surface area contributed by atoms with E-state index in [0.717, 1.165) is 19.6 Å². The third-order valence-electron chi connectivity index (χ3n) is 4.76. The number of carbonyl (C=O) groups excluding carboxylic acids is 2. The molecule has 2 aliphatic heterocycles. The molecule has 5 nitrogen and oxygen atoms in total. The van der Waals surface area contributed by atoms with Gasteiger partial charge in [0.15, 0.2) is 0 Å². The molecule has 1 saturated heterocycles. The van der Waals surface area contributed by atoms with Crippen LogP contribution in [0.3, 0.4) is 0 Å². The summed E-state index contributed by atoms with van der Waals surface area (Å²) in [5.74, 6) is -1.02. The van der Waals surface area contributed by atoms with Gasteiger partial charge in [-0.2, -0.15) is 0 Å². The van der Waals surface area contributed by atoms with Gasteiger partial charge in [-0.1, -0.05) is 13.0 Å². The van der Waals surface area contributed by atoms with E-state index in [0.29, 0.717) is 23.7 Å². The van der Waals surface area contributed by atoms with Crippen LogP contribution in [0.25, 0.3) is 0 Å². The molecule has 0 saturated carbocycles. The van der Waals surface area contributed by atoms with Gasteiger partial charge >= 0.3 is 0 Å². The number of hydrogen-bond donors (Lipinski definition) is 2. The van der Waals surface area contributed by atoms with Crippen LogP contribution in [-0.2, 0) is 9.59 Å². The zero-order valence-electron chi connectivity index (χ0n) is 14.0. The first-order valence-corrected chi connectivity index (χ1v) is 8.62. The van der Waals surface area contributed by atoms with Crippen LogP contribution < -0.4 is 10.6 Å². The minimum Gasteiger partial charge on any atom is -0.355 e. The largest absolute Gasteiger partial charge is 0.355 e. The Morgan fingerprint density at radius 1 is 1.42 bits per heavy atom. The molecule has 0 aromatic heterocycles. The lowest BCUT2D eigenvalue weighted by molar-refractivity contribution is -0.126. The third-order valence-corrected chi connectivity index (χ3v) is 4.76. The van der Waals surface area contributed by atoms with Crippen molar-refractivity contribution >= 4 is 17.5 Å². The number of likely N-dealkylation sites (tertiary alicyclic amines) is 1. The Hall–Kier alpha value is -1.95. The van der Waals surface area contributed by atoms with E-state index in [1.165, 1.54) is 25.0 Å². The van der Waals surface area contributed by atoms with Crippen LogP contribution in [0.1, 0.15) is 37.7 Å². The van der Waals surface area contributed by atoms with Crippen LogP contribution in [0.2, 0.25) is 0 Å². The predicted molar refractivity (Wildman–Crippen MR) is 90.2 cm³/mol. The number of fused-ring (bicyclic) bond motifs is 1. The van der Waals surface area contributed by atoms with Crippen molar-refractivity contribution in [3.8, 4) is 0 Å². The Labute approximate surface area is 141 Å². The summed E-state index contributed by atoms with van der Waals surface area (Å²) in [5.41, 5.74) is 1.08. The fourth-order valence-electron chi connectivity index (χ4n) is 3.54. The predicted octanol–water partition coefficient (Wildman–Crippen LogP) is 2.10. The molecule has 2 amide bonds. The van der Waals surface area contributed by atoms with Gasteiger partial charge < -0.3 is 15.5 Å². The van der Waals surface area contributed by atoms with Crippen molar-refractivity contribution in [1.29, 1.82) is 0 Å². The third kappa shape index (κ3) is 3.93. The summed E-state index contributed by atoms with van der Waals surface area (Å²) in [4.78, 5) is 26.8. The van der Waals surface area contributed by atoms with E-state index in [-0.39, 0.29) is 18.2 Å². The fraction of sp³-hybridized carbons (Fsp3) is 0.556. The minimum absolute atomic E-state index is 0.102. The molecule has 0 aliphatic carbocycles. The highest BCUT2D eigenvalue weighted by molar-refractivity contribution is 6.01. The van der Waals surface area contributed by atoms with Crippen LogP contribution in [0.4, 0.5) is 10.1 Å². The Morgan fingerprint density at radius 3 is 2.92 bits per heavy atom. The topological polar surface area (TPSA) is 61.4 Å². The number of amides is 2. The summed E-state index contributed by atoms with van der Waals surface area (Å²) in [7, 11) is 0. The molecule has 2 unspecified atom stereocenters. The van der Waals surface area contributed by atoms with Gasteiger partial charge in [0.05, 0.1) is 5.92 Å². The number of anilines is 1. The quantitative estimate of drug-likeness (QED) is 0.867. The van der Waals surface area contributed by atoms with E-state index in [9.17, 15) is 14.0 Å². The monoisotopic (exact) mass is 333 g/mol. The van der Waals surface area contributed by atoms with Gasteiger partial charge in [-0.25, -0.2) is 4.39 Å². The van der Waals surface area contributed by atoms with Crippen molar-refractivity contribution in [1.82, 2.24) is 10.2 Å². The van der Waals surface area contributed by atoms with Gasteiger partial charge in [-0.15, -0.1) is 0 Å². The maximum atomic E-state index is 13.3.